The van der Waals surface area contributed by atoms with E-state index in [9.17, 15) is 17.6 Å². The van der Waals surface area contributed by atoms with Gasteiger partial charge in [-0.2, -0.15) is 8.78 Å². The van der Waals surface area contributed by atoms with Gasteiger partial charge >= 0.3 is 6.11 Å². The van der Waals surface area contributed by atoms with E-state index < -0.39 is 36.4 Å². The van der Waals surface area contributed by atoms with E-state index in [4.69, 9.17) is 0 Å². The minimum absolute atomic E-state index is 0.485. The van der Waals surface area contributed by atoms with Crippen LogP contribution in [0.3, 0.4) is 0 Å². The van der Waals surface area contributed by atoms with E-state index in [1.54, 1.807) is 0 Å². The van der Waals surface area contributed by atoms with Crippen LogP contribution in [-0.4, -0.2) is 24.6 Å². The Morgan fingerprint density at radius 3 is 1.95 bits per heavy atom. The van der Waals surface area contributed by atoms with Crippen molar-refractivity contribution in [1.29, 1.82) is 0 Å². The molecule has 0 saturated heterocycles. The molecule has 0 aromatic heterocycles. The molecule has 0 aromatic rings. The quantitative estimate of drug-likeness (QED) is 0.533. The Hall–Kier alpha value is -0.320. The predicted molar refractivity (Wildman–Crippen MR) is 68.8 cm³/mol. The van der Waals surface area contributed by atoms with Crippen LogP contribution in [0.1, 0.15) is 53.9 Å². The van der Waals surface area contributed by atoms with Crippen molar-refractivity contribution >= 4 is 0 Å². The molecule has 0 amide bonds. The van der Waals surface area contributed by atoms with Gasteiger partial charge in [0.1, 0.15) is 12.3 Å². The van der Waals surface area contributed by atoms with Gasteiger partial charge in [-0.25, -0.2) is 8.78 Å². The third-order valence-corrected chi connectivity index (χ3v) is 3.27. The molecule has 4 atom stereocenters. The minimum atomic E-state index is -3.65. The fraction of sp³-hybridized carbons (Fsp3) is 1.00. The van der Waals surface area contributed by atoms with Crippen LogP contribution in [0.4, 0.5) is 17.6 Å². The summed E-state index contributed by atoms with van der Waals surface area (Å²) in [6.45, 7) is 7.40. The van der Waals surface area contributed by atoms with Crippen LogP contribution in [0.15, 0.2) is 0 Å². The molecule has 0 bridgehead atoms. The molecule has 0 N–H and O–H groups in total. The van der Waals surface area contributed by atoms with E-state index >= 15 is 0 Å². The maximum atomic E-state index is 13.7. The lowest BCUT2D eigenvalue weighted by Gasteiger charge is -2.31. The van der Waals surface area contributed by atoms with E-state index in [2.05, 4.69) is 4.74 Å². The van der Waals surface area contributed by atoms with Crippen molar-refractivity contribution < 1.29 is 22.3 Å². The van der Waals surface area contributed by atoms with Gasteiger partial charge in [0.2, 0.25) is 0 Å². The molecular weight excluding hydrogens is 260 g/mol. The summed E-state index contributed by atoms with van der Waals surface area (Å²) in [7, 11) is 0. The molecule has 0 fully saturated rings. The van der Waals surface area contributed by atoms with Gasteiger partial charge in [-0.15, -0.1) is 0 Å². The summed E-state index contributed by atoms with van der Waals surface area (Å²) in [5.41, 5.74) is 0. The first-order chi connectivity index (χ1) is 8.63. The van der Waals surface area contributed by atoms with Crippen LogP contribution in [0.2, 0.25) is 0 Å². The van der Waals surface area contributed by atoms with Crippen molar-refractivity contribution in [1.82, 2.24) is 0 Å². The zero-order chi connectivity index (χ0) is 15.2. The van der Waals surface area contributed by atoms with Crippen LogP contribution >= 0.6 is 0 Å². The zero-order valence-corrected chi connectivity index (χ0v) is 12.4. The molecule has 0 aliphatic rings. The minimum Gasteiger partial charge on any atom is -0.317 e. The number of alkyl halides is 4. The fourth-order valence-electron chi connectivity index (χ4n) is 1.75. The van der Waals surface area contributed by atoms with Gasteiger partial charge in [0.05, 0.1) is 12.0 Å². The molecule has 5 heteroatoms. The summed E-state index contributed by atoms with van der Waals surface area (Å²) < 4.78 is 59.3. The second-order valence-corrected chi connectivity index (χ2v) is 5.55. The third kappa shape index (κ3) is 6.11. The Balaban J connectivity index is 4.53. The molecule has 0 rings (SSSR count). The number of rotatable bonds is 9. The van der Waals surface area contributed by atoms with Crippen molar-refractivity contribution in [3.05, 3.63) is 0 Å². The van der Waals surface area contributed by atoms with Crippen LogP contribution in [0, 0.1) is 11.8 Å². The van der Waals surface area contributed by atoms with Crippen LogP contribution in [0.25, 0.3) is 0 Å². The van der Waals surface area contributed by atoms with Gasteiger partial charge in [0, 0.05) is 0 Å². The number of unbranched alkanes of at least 4 members (excludes halogenated alkanes) is 1. The van der Waals surface area contributed by atoms with Crippen LogP contribution in [-0.2, 0) is 4.74 Å². The van der Waals surface area contributed by atoms with Gasteiger partial charge in [-0.05, 0) is 19.3 Å². The predicted octanol–water partition coefficient (Wildman–Crippen LogP) is 5.14. The monoisotopic (exact) mass is 286 g/mol. The smallest absolute Gasteiger partial charge is 0.317 e. The second kappa shape index (κ2) is 8.08. The van der Waals surface area contributed by atoms with Crippen LogP contribution in [0.5, 0.6) is 0 Å². The van der Waals surface area contributed by atoms with Crippen molar-refractivity contribution in [3.63, 3.8) is 0 Å². The molecule has 0 spiro atoms. The van der Waals surface area contributed by atoms with Gasteiger partial charge < -0.3 is 4.74 Å². The molecule has 0 aliphatic heterocycles. The maximum absolute atomic E-state index is 13.7. The molecule has 0 radical (unpaired) electrons. The summed E-state index contributed by atoms with van der Waals surface area (Å²) in [5, 5.41) is 0. The molecule has 1 nitrogen and oxygen atoms in total. The summed E-state index contributed by atoms with van der Waals surface area (Å²) in [6.07, 6.45) is -6.32. The first-order valence-electron chi connectivity index (χ1n) is 6.97. The van der Waals surface area contributed by atoms with Gasteiger partial charge in [0.15, 0.2) is 0 Å². The SMILES string of the molecule is CCCCC(C)OC(F)(F)C(C)C(F)C(F)C(C)C. The Morgan fingerprint density at radius 1 is 1.00 bits per heavy atom. The molecule has 19 heavy (non-hydrogen) atoms. The molecule has 0 aromatic carbocycles. The van der Waals surface area contributed by atoms with E-state index in [1.807, 2.05) is 6.92 Å². The molecule has 116 valence electrons. The molecular formula is C14H26F4O. The van der Waals surface area contributed by atoms with Crippen molar-refractivity contribution in [2.45, 2.75) is 78.4 Å². The topological polar surface area (TPSA) is 9.23 Å². The summed E-state index contributed by atoms with van der Waals surface area (Å²) >= 11 is 0. The van der Waals surface area contributed by atoms with Crippen molar-refractivity contribution in [2.75, 3.05) is 0 Å². The second-order valence-electron chi connectivity index (χ2n) is 5.55. The number of halogens is 4. The number of hydrogen-bond acceptors (Lipinski definition) is 1. The number of ether oxygens (including phenoxy) is 1. The first kappa shape index (κ1) is 18.7. The third-order valence-electron chi connectivity index (χ3n) is 3.27. The van der Waals surface area contributed by atoms with Gasteiger partial charge in [0.25, 0.3) is 0 Å². The highest BCUT2D eigenvalue weighted by Gasteiger charge is 2.47. The van der Waals surface area contributed by atoms with Gasteiger partial charge in [-0.3, -0.25) is 0 Å². The molecule has 0 aliphatic carbocycles. The Kier molecular flexibility index (Phi) is 7.94. The highest BCUT2D eigenvalue weighted by Crippen LogP contribution is 2.35. The Morgan fingerprint density at radius 2 is 1.53 bits per heavy atom. The molecule has 4 unspecified atom stereocenters. The van der Waals surface area contributed by atoms with Gasteiger partial charge in [-0.1, -0.05) is 40.5 Å². The van der Waals surface area contributed by atoms with E-state index in [0.717, 1.165) is 19.8 Å². The first-order valence-corrected chi connectivity index (χ1v) is 6.97. The van der Waals surface area contributed by atoms with Crippen LogP contribution < -0.4 is 0 Å². The van der Waals surface area contributed by atoms with E-state index in [1.165, 1.54) is 20.8 Å². The summed E-state index contributed by atoms with van der Waals surface area (Å²) in [6, 6.07) is 0. The molecule has 0 saturated carbocycles. The lowest BCUT2D eigenvalue weighted by molar-refractivity contribution is -0.299. The average Bonchev–Trinajstić information content (AvgIpc) is 2.32. The average molecular weight is 286 g/mol. The Bertz CT molecular complexity index is 246. The van der Waals surface area contributed by atoms with Crippen molar-refractivity contribution in [2.24, 2.45) is 11.8 Å². The van der Waals surface area contributed by atoms with E-state index in [0.29, 0.717) is 6.42 Å². The highest BCUT2D eigenvalue weighted by atomic mass is 19.3. The van der Waals surface area contributed by atoms with Crippen molar-refractivity contribution in [3.8, 4) is 0 Å². The standard InChI is InChI=1S/C14H26F4O/c1-6-7-8-10(4)19-14(17,18)11(5)13(16)12(15)9(2)3/h9-13H,6-8H2,1-5H3. The summed E-state index contributed by atoms with van der Waals surface area (Å²) in [5.74, 6) is -2.43. The maximum Gasteiger partial charge on any atom is 0.361 e. The normalized spacial score (nSPS) is 19.3. The lowest BCUT2D eigenvalue weighted by atomic mass is 9.94. The summed E-state index contributed by atoms with van der Waals surface area (Å²) in [4.78, 5) is 0. The molecule has 0 heterocycles. The number of hydrogen-bond donors (Lipinski definition) is 0. The lowest BCUT2D eigenvalue weighted by Crippen LogP contribution is -2.42. The fourth-order valence-corrected chi connectivity index (χ4v) is 1.75. The zero-order valence-electron chi connectivity index (χ0n) is 12.4. The van der Waals surface area contributed by atoms with E-state index in [-0.39, 0.29) is 0 Å². The Labute approximate surface area is 113 Å². The highest BCUT2D eigenvalue weighted by molar-refractivity contribution is 4.81. The largest absolute Gasteiger partial charge is 0.361 e.